The van der Waals surface area contributed by atoms with E-state index in [1.807, 2.05) is 24.3 Å². The van der Waals surface area contributed by atoms with Crippen molar-refractivity contribution in [1.82, 2.24) is 9.80 Å². The molecule has 0 unspecified atom stereocenters. The largest absolute Gasteiger partial charge is 0.385 e. The van der Waals surface area contributed by atoms with Gasteiger partial charge in [0.1, 0.15) is 5.60 Å². The molecular weight excluding hydrogens is 414 g/mol. The van der Waals surface area contributed by atoms with Crippen LogP contribution in [0, 0.1) is 5.92 Å². The van der Waals surface area contributed by atoms with Gasteiger partial charge in [0.05, 0.1) is 0 Å². The molecule has 0 radical (unpaired) electrons. The van der Waals surface area contributed by atoms with Gasteiger partial charge in [-0.1, -0.05) is 37.1 Å². The lowest BCUT2D eigenvalue weighted by molar-refractivity contribution is -0.143. The zero-order chi connectivity index (χ0) is 22.8. The van der Waals surface area contributed by atoms with Gasteiger partial charge < -0.3 is 20.2 Å². The fourth-order valence-corrected chi connectivity index (χ4v) is 5.01. The molecule has 0 aromatic heterocycles. The number of piperazine rings is 1. The molecule has 3 aliphatic rings. The van der Waals surface area contributed by atoms with Crippen LogP contribution in [0.3, 0.4) is 0 Å². The first kappa shape index (κ1) is 22.0. The fraction of sp³-hybridized carbons (Fsp3) is 0.481. The van der Waals surface area contributed by atoms with Crippen LogP contribution in [0.2, 0.25) is 0 Å². The second-order valence-electron chi connectivity index (χ2n) is 9.81. The molecule has 2 aromatic carbocycles. The first-order valence-electron chi connectivity index (χ1n) is 12.3. The van der Waals surface area contributed by atoms with Crippen molar-refractivity contribution in [2.45, 2.75) is 44.1 Å². The van der Waals surface area contributed by atoms with Crippen LogP contribution in [0.15, 0.2) is 48.5 Å². The Morgan fingerprint density at radius 1 is 0.909 bits per heavy atom. The maximum absolute atomic E-state index is 13.0. The summed E-state index contributed by atoms with van der Waals surface area (Å²) in [4.78, 5) is 28.7. The standard InChI is InChI=1S/C27H33N3O3/c31-25(29-14-16-30(17-15-29)26(32)27(33)12-13-27)22-10-8-21(9-11-22)23-6-3-7-24(18-23)28-19-20-4-1-2-5-20/h3,6-11,18,20,28,33H,1-2,4-5,12-17,19H2. The van der Waals surface area contributed by atoms with Gasteiger partial charge in [0.2, 0.25) is 0 Å². The average molecular weight is 448 g/mol. The molecule has 1 saturated heterocycles. The van der Waals surface area contributed by atoms with Gasteiger partial charge in [0, 0.05) is 44.0 Å². The summed E-state index contributed by atoms with van der Waals surface area (Å²) in [7, 11) is 0. The van der Waals surface area contributed by atoms with Gasteiger partial charge in [-0.05, 0) is 67.0 Å². The van der Waals surface area contributed by atoms with Crippen molar-refractivity contribution in [1.29, 1.82) is 0 Å². The minimum Gasteiger partial charge on any atom is -0.385 e. The van der Waals surface area contributed by atoms with Crippen LogP contribution >= 0.6 is 0 Å². The Bertz CT molecular complexity index is 1000. The molecule has 174 valence electrons. The first-order valence-corrected chi connectivity index (χ1v) is 12.3. The number of anilines is 1. The molecule has 5 rings (SSSR count). The summed E-state index contributed by atoms with van der Waals surface area (Å²) in [5.41, 5.74) is 2.89. The number of hydrogen-bond acceptors (Lipinski definition) is 4. The summed E-state index contributed by atoms with van der Waals surface area (Å²) in [6, 6.07) is 16.3. The Balaban J connectivity index is 1.18. The van der Waals surface area contributed by atoms with Gasteiger partial charge >= 0.3 is 0 Å². The third-order valence-corrected chi connectivity index (χ3v) is 7.37. The molecule has 0 bridgehead atoms. The van der Waals surface area contributed by atoms with Crippen molar-refractivity contribution in [2.75, 3.05) is 38.0 Å². The molecule has 1 aliphatic heterocycles. The smallest absolute Gasteiger partial charge is 0.254 e. The molecule has 2 N–H and O–H groups in total. The van der Waals surface area contributed by atoms with Gasteiger partial charge in [-0.3, -0.25) is 9.59 Å². The number of benzene rings is 2. The maximum Gasteiger partial charge on any atom is 0.254 e. The minimum absolute atomic E-state index is 0.00855. The molecule has 6 nitrogen and oxygen atoms in total. The van der Waals surface area contributed by atoms with E-state index in [0.29, 0.717) is 44.6 Å². The van der Waals surface area contributed by atoms with Crippen molar-refractivity contribution in [2.24, 2.45) is 5.92 Å². The van der Waals surface area contributed by atoms with Gasteiger partial charge in [-0.25, -0.2) is 0 Å². The molecule has 33 heavy (non-hydrogen) atoms. The monoisotopic (exact) mass is 447 g/mol. The molecule has 0 atom stereocenters. The predicted molar refractivity (Wildman–Crippen MR) is 129 cm³/mol. The number of rotatable bonds is 6. The van der Waals surface area contributed by atoms with Gasteiger partial charge in [0.15, 0.2) is 0 Å². The van der Waals surface area contributed by atoms with Crippen molar-refractivity contribution < 1.29 is 14.7 Å². The van der Waals surface area contributed by atoms with Crippen LogP contribution in [0.25, 0.3) is 11.1 Å². The Morgan fingerprint density at radius 3 is 2.24 bits per heavy atom. The Hall–Kier alpha value is -2.86. The van der Waals surface area contributed by atoms with E-state index < -0.39 is 5.60 Å². The van der Waals surface area contributed by atoms with Crippen LogP contribution in [0.4, 0.5) is 5.69 Å². The summed E-state index contributed by atoms with van der Waals surface area (Å²) in [6.45, 7) is 2.99. The van der Waals surface area contributed by atoms with E-state index in [1.54, 1.807) is 9.80 Å². The number of hydrogen-bond donors (Lipinski definition) is 2. The zero-order valence-electron chi connectivity index (χ0n) is 19.1. The van der Waals surface area contributed by atoms with Gasteiger partial charge in [-0.15, -0.1) is 0 Å². The van der Waals surface area contributed by atoms with Gasteiger partial charge in [-0.2, -0.15) is 0 Å². The molecule has 2 amide bonds. The molecule has 2 aromatic rings. The van der Waals surface area contributed by atoms with E-state index in [4.69, 9.17) is 0 Å². The van der Waals surface area contributed by atoms with Crippen molar-refractivity contribution in [3.8, 4) is 11.1 Å². The Kier molecular flexibility index (Phi) is 6.11. The van der Waals surface area contributed by atoms with E-state index in [9.17, 15) is 14.7 Å². The normalized spacial score (nSPS) is 20.0. The lowest BCUT2D eigenvalue weighted by atomic mass is 10.0. The molecular formula is C27H33N3O3. The number of amides is 2. The second kappa shape index (κ2) is 9.18. The van der Waals surface area contributed by atoms with Crippen molar-refractivity contribution in [3.63, 3.8) is 0 Å². The number of nitrogens with zero attached hydrogens (tertiary/aromatic N) is 2. The SMILES string of the molecule is O=C(c1ccc(-c2cccc(NCC3CCCC3)c2)cc1)N1CCN(C(=O)C2(O)CC2)CC1. The highest BCUT2D eigenvalue weighted by Gasteiger charge is 2.50. The van der Waals surface area contributed by atoms with Crippen LogP contribution in [0.1, 0.15) is 48.9 Å². The highest BCUT2D eigenvalue weighted by Crippen LogP contribution is 2.37. The highest BCUT2D eigenvalue weighted by atomic mass is 16.3. The number of carbonyl (C=O) groups excluding carboxylic acids is 2. The van der Waals surface area contributed by atoms with Crippen LogP contribution < -0.4 is 5.32 Å². The van der Waals surface area contributed by atoms with Crippen molar-refractivity contribution in [3.05, 3.63) is 54.1 Å². The molecule has 2 aliphatic carbocycles. The highest BCUT2D eigenvalue weighted by molar-refractivity contribution is 5.95. The van der Waals surface area contributed by atoms with E-state index in [0.717, 1.165) is 29.3 Å². The van der Waals surface area contributed by atoms with Crippen LogP contribution in [-0.2, 0) is 4.79 Å². The fourth-order valence-electron chi connectivity index (χ4n) is 5.01. The summed E-state index contributed by atoms with van der Waals surface area (Å²) < 4.78 is 0. The zero-order valence-corrected chi connectivity index (χ0v) is 19.1. The molecule has 2 saturated carbocycles. The molecule has 0 spiro atoms. The summed E-state index contributed by atoms with van der Waals surface area (Å²) in [5.74, 6) is 0.599. The Morgan fingerprint density at radius 2 is 1.58 bits per heavy atom. The number of nitrogens with one attached hydrogen (secondary N) is 1. The first-order chi connectivity index (χ1) is 16.0. The molecule has 6 heteroatoms. The second-order valence-corrected chi connectivity index (χ2v) is 9.81. The average Bonchev–Trinajstić information content (AvgIpc) is 3.40. The molecule has 1 heterocycles. The summed E-state index contributed by atoms with van der Waals surface area (Å²) in [5, 5.41) is 13.6. The van der Waals surface area contributed by atoms with Crippen molar-refractivity contribution >= 4 is 17.5 Å². The predicted octanol–water partition coefficient (Wildman–Crippen LogP) is 3.77. The lowest BCUT2D eigenvalue weighted by Crippen LogP contribution is -2.53. The topological polar surface area (TPSA) is 72.9 Å². The third kappa shape index (κ3) is 4.91. The van der Waals surface area contributed by atoms with E-state index in [1.165, 1.54) is 25.7 Å². The Labute approximate surface area is 195 Å². The summed E-state index contributed by atoms with van der Waals surface area (Å²) >= 11 is 0. The van der Waals surface area contributed by atoms with E-state index >= 15 is 0 Å². The van der Waals surface area contributed by atoms with E-state index in [2.05, 4.69) is 29.6 Å². The third-order valence-electron chi connectivity index (χ3n) is 7.37. The molecule has 3 fully saturated rings. The number of carbonyl (C=O) groups is 2. The van der Waals surface area contributed by atoms with Gasteiger partial charge in [0.25, 0.3) is 11.8 Å². The number of aliphatic hydroxyl groups is 1. The minimum atomic E-state index is -1.13. The summed E-state index contributed by atoms with van der Waals surface area (Å²) in [6.07, 6.45) is 6.47. The maximum atomic E-state index is 13.0. The van der Waals surface area contributed by atoms with Crippen LogP contribution in [0.5, 0.6) is 0 Å². The van der Waals surface area contributed by atoms with Crippen LogP contribution in [-0.4, -0.2) is 65.0 Å². The quantitative estimate of drug-likeness (QED) is 0.707. The van der Waals surface area contributed by atoms with E-state index in [-0.39, 0.29) is 11.8 Å². The lowest BCUT2D eigenvalue weighted by Gasteiger charge is -2.35.